The highest BCUT2D eigenvalue weighted by molar-refractivity contribution is 5.79. The Morgan fingerprint density at radius 1 is 1.40 bits per heavy atom. The van der Waals surface area contributed by atoms with Gasteiger partial charge in [0.2, 0.25) is 0 Å². The second kappa shape index (κ2) is 3.66. The third-order valence-electron chi connectivity index (χ3n) is 2.11. The highest BCUT2D eigenvalue weighted by Crippen LogP contribution is 2.24. The first-order chi connectivity index (χ1) is 7.19. The average Bonchev–Trinajstić information content (AvgIpc) is 2.57. The van der Waals surface area contributed by atoms with Crippen LogP contribution in [0.4, 0.5) is 0 Å². The molecule has 1 unspecified atom stereocenters. The molecular formula is C12H11NO2. The van der Waals surface area contributed by atoms with E-state index in [0.717, 1.165) is 16.7 Å². The minimum atomic E-state index is -0.435. The number of rotatable bonds is 2. The van der Waals surface area contributed by atoms with Crippen LogP contribution in [0.15, 0.2) is 28.7 Å². The van der Waals surface area contributed by atoms with Crippen LogP contribution in [0.1, 0.15) is 12.7 Å². The van der Waals surface area contributed by atoms with Gasteiger partial charge < -0.3 is 9.15 Å². The Bertz CT molecular complexity index is 522. The van der Waals surface area contributed by atoms with Crippen LogP contribution in [0.5, 0.6) is 5.75 Å². The fourth-order valence-electron chi connectivity index (χ4n) is 1.46. The smallest absolute Gasteiger partial charge is 0.181 e. The largest absolute Gasteiger partial charge is 0.476 e. The molecule has 1 atom stereocenters. The van der Waals surface area contributed by atoms with Crippen LogP contribution in [-0.4, -0.2) is 6.10 Å². The molecule has 0 saturated carbocycles. The molecule has 1 heterocycles. The normalized spacial score (nSPS) is 12.3. The number of furan rings is 1. The predicted octanol–water partition coefficient (Wildman–Crippen LogP) is 3.03. The van der Waals surface area contributed by atoms with Crippen molar-refractivity contribution < 1.29 is 9.15 Å². The van der Waals surface area contributed by atoms with E-state index in [1.165, 1.54) is 0 Å². The van der Waals surface area contributed by atoms with Gasteiger partial charge in [-0.25, -0.2) is 0 Å². The molecular weight excluding hydrogens is 190 g/mol. The molecule has 0 aliphatic carbocycles. The Morgan fingerprint density at radius 2 is 2.20 bits per heavy atom. The zero-order valence-corrected chi connectivity index (χ0v) is 8.65. The Hall–Kier alpha value is -1.95. The third-order valence-corrected chi connectivity index (χ3v) is 2.11. The van der Waals surface area contributed by atoms with E-state index in [1.54, 1.807) is 13.0 Å². The number of ether oxygens (including phenoxy) is 1. The van der Waals surface area contributed by atoms with Crippen molar-refractivity contribution in [2.45, 2.75) is 20.0 Å². The minimum Gasteiger partial charge on any atom is -0.476 e. The summed E-state index contributed by atoms with van der Waals surface area (Å²) in [5.41, 5.74) is 0.837. The quantitative estimate of drug-likeness (QED) is 0.750. The molecule has 3 heteroatoms. The van der Waals surface area contributed by atoms with Crippen molar-refractivity contribution >= 4 is 11.0 Å². The van der Waals surface area contributed by atoms with Crippen LogP contribution < -0.4 is 4.74 Å². The second-order valence-corrected chi connectivity index (χ2v) is 3.45. The van der Waals surface area contributed by atoms with Crippen LogP contribution in [-0.2, 0) is 0 Å². The van der Waals surface area contributed by atoms with Gasteiger partial charge in [0, 0.05) is 5.39 Å². The van der Waals surface area contributed by atoms with E-state index in [0.29, 0.717) is 5.75 Å². The molecule has 3 nitrogen and oxygen atoms in total. The number of aryl methyl sites for hydroxylation is 1. The Balaban J connectivity index is 2.35. The van der Waals surface area contributed by atoms with Crippen molar-refractivity contribution in [3.05, 3.63) is 30.0 Å². The van der Waals surface area contributed by atoms with Gasteiger partial charge in [-0.15, -0.1) is 0 Å². The molecule has 0 fully saturated rings. The molecule has 15 heavy (non-hydrogen) atoms. The molecule has 0 saturated heterocycles. The first-order valence-electron chi connectivity index (χ1n) is 4.75. The number of fused-ring (bicyclic) bond motifs is 1. The maximum Gasteiger partial charge on any atom is 0.181 e. The van der Waals surface area contributed by atoms with E-state index in [1.807, 2.05) is 31.2 Å². The number of benzene rings is 1. The second-order valence-electron chi connectivity index (χ2n) is 3.45. The number of nitriles is 1. The number of nitrogens with zero attached hydrogens (tertiary/aromatic N) is 1. The SMILES string of the molecule is Cc1cc2cc(OC(C)C#N)ccc2o1. The molecule has 76 valence electrons. The highest BCUT2D eigenvalue weighted by Gasteiger charge is 2.05. The molecule has 2 aromatic rings. The maximum absolute atomic E-state index is 8.62. The summed E-state index contributed by atoms with van der Waals surface area (Å²) in [4.78, 5) is 0. The highest BCUT2D eigenvalue weighted by atomic mass is 16.5. The van der Waals surface area contributed by atoms with Gasteiger partial charge in [-0.05, 0) is 38.1 Å². The summed E-state index contributed by atoms with van der Waals surface area (Å²) in [6.07, 6.45) is -0.435. The van der Waals surface area contributed by atoms with Crippen LogP contribution in [0, 0.1) is 18.3 Å². The molecule has 0 N–H and O–H groups in total. The first-order valence-corrected chi connectivity index (χ1v) is 4.75. The van der Waals surface area contributed by atoms with Crippen molar-refractivity contribution in [2.75, 3.05) is 0 Å². The molecule has 0 aliphatic heterocycles. The lowest BCUT2D eigenvalue weighted by molar-refractivity contribution is 0.277. The van der Waals surface area contributed by atoms with Gasteiger partial charge in [-0.1, -0.05) is 0 Å². The molecule has 0 aliphatic rings. The minimum absolute atomic E-state index is 0.435. The van der Waals surface area contributed by atoms with Crippen molar-refractivity contribution in [1.82, 2.24) is 0 Å². The van der Waals surface area contributed by atoms with Crippen molar-refractivity contribution in [3.8, 4) is 11.8 Å². The van der Waals surface area contributed by atoms with E-state index < -0.39 is 6.10 Å². The van der Waals surface area contributed by atoms with E-state index in [2.05, 4.69) is 0 Å². The monoisotopic (exact) mass is 201 g/mol. The summed E-state index contributed by atoms with van der Waals surface area (Å²) in [6, 6.07) is 9.49. The molecule has 2 rings (SSSR count). The van der Waals surface area contributed by atoms with E-state index in [-0.39, 0.29) is 0 Å². The van der Waals surface area contributed by atoms with Crippen LogP contribution in [0.3, 0.4) is 0 Å². The summed E-state index contributed by atoms with van der Waals surface area (Å²) in [7, 11) is 0. The van der Waals surface area contributed by atoms with E-state index in [4.69, 9.17) is 14.4 Å². The third kappa shape index (κ3) is 1.94. The van der Waals surface area contributed by atoms with E-state index >= 15 is 0 Å². The van der Waals surface area contributed by atoms with Gasteiger partial charge in [0.25, 0.3) is 0 Å². The summed E-state index contributed by atoms with van der Waals surface area (Å²) in [5, 5.41) is 9.62. The van der Waals surface area contributed by atoms with Gasteiger partial charge in [0.1, 0.15) is 23.2 Å². The molecule has 1 aromatic carbocycles. The number of hydrogen-bond donors (Lipinski definition) is 0. The van der Waals surface area contributed by atoms with Crippen molar-refractivity contribution in [1.29, 1.82) is 5.26 Å². The lowest BCUT2D eigenvalue weighted by atomic mass is 10.2. The zero-order chi connectivity index (χ0) is 10.8. The van der Waals surface area contributed by atoms with Gasteiger partial charge >= 0.3 is 0 Å². The molecule has 0 amide bonds. The van der Waals surface area contributed by atoms with Gasteiger partial charge in [0.15, 0.2) is 6.10 Å². The topological polar surface area (TPSA) is 46.2 Å². The predicted molar refractivity (Wildman–Crippen MR) is 56.7 cm³/mol. The standard InChI is InChI=1S/C12H11NO2/c1-8-5-10-6-11(14-9(2)7-13)3-4-12(10)15-8/h3-6,9H,1-2H3. The summed E-state index contributed by atoms with van der Waals surface area (Å²) in [5.74, 6) is 1.56. The Kier molecular flexibility index (Phi) is 2.34. The van der Waals surface area contributed by atoms with Crippen molar-refractivity contribution in [2.24, 2.45) is 0 Å². The fraction of sp³-hybridized carbons (Fsp3) is 0.250. The van der Waals surface area contributed by atoms with Gasteiger partial charge in [-0.3, -0.25) is 0 Å². The van der Waals surface area contributed by atoms with Crippen LogP contribution in [0.2, 0.25) is 0 Å². The first kappa shape index (κ1) is 9.60. The summed E-state index contributed by atoms with van der Waals surface area (Å²) < 4.78 is 10.8. The van der Waals surface area contributed by atoms with E-state index in [9.17, 15) is 0 Å². The molecule has 0 bridgehead atoms. The lowest BCUT2D eigenvalue weighted by Crippen LogP contribution is -2.07. The summed E-state index contributed by atoms with van der Waals surface area (Å²) in [6.45, 7) is 3.61. The molecule has 0 spiro atoms. The van der Waals surface area contributed by atoms with Crippen LogP contribution >= 0.6 is 0 Å². The summed E-state index contributed by atoms with van der Waals surface area (Å²) >= 11 is 0. The average molecular weight is 201 g/mol. The number of hydrogen-bond acceptors (Lipinski definition) is 3. The maximum atomic E-state index is 8.62. The molecule has 0 radical (unpaired) electrons. The fourth-order valence-corrected chi connectivity index (χ4v) is 1.46. The van der Waals surface area contributed by atoms with Gasteiger partial charge in [-0.2, -0.15) is 5.26 Å². The Labute approximate surface area is 87.9 Å². The van der Waals surface area contributed by atoms with Gasteiger partial charge in [0.05, 0.1) is 0 Å². The van der Waals surface area contributed by atoms with Crippen molar-refractivity contribution in [3.63, 3.8) is 0 Å². The Morgan fingerprint density at radius 3 is 2.93 bits per heavy atom. The van der Waals surface area contributed by atoms with Crippen LogP contribution in [0.25, 0.3) is 11.0 Å². The zero-order valence-electron chi connectivity index (χ0n) is 8.65. The molecule has 1 aromatic heterocycles. The lowest BCUT2D eigenvalue weighted by Gasteiger charge is -2.06.